The molecule has 0 amide bonds. The number of furan rings is 2. The molecule has 0 N–H and O–H groups in total. The fourth-order valence-electron chi connectivity index (χ4n) is 10.3. The third-order valence-electron chi connectivity index (χ3n) is 13.3. The van der Waals surface area contributed by atoms with Crippen molar-refractivity contribution < 1.29 is 8.83 Å². The molecule has 0 radical (unpaired) electrons. The Kier molecular flexibility index (Phi) is 7.36. The Labute approximate surface area is 367 Å². The van der Waals surface area contributed by atoms with Gasteiger partial charge in [0.25, 0.3) is 0 Å². The van der Waals surface area contributed by atoms with E-state index in [-0.39, 0.29) is 0 Å². The lowest BCUT2D eigenvalue weighted by Crippen LogP contribution is -2.00. The van der Waals surface area contributed by atoms with Gasteiger partial charge in [-0.25, -0.2) is 0 Å². The van der Waals surface area contributed by atoms with Crippen LogP contribution in [0.4, 0.5) is 0 Å². The first-order chi connectivity index (χ1) is 31.7. The summed E-state index contributed by atoms with van der Waals surface area (Å²) in [6.45, 7) is 0. The highest BCUT2D eigenvalue weighted by Crippen LogP contribution is 2.41. The molecule has 0 saturated carbocycles. The fraction of sp³-hybridized carbons (Fsp3) is 0. The van der Waals surface area contributed by atoms with E-state index < -0.39 is 0 Å². The number of fused-ring (bicyclic) bond motifs is 12. The molecule has 0 spiro atoms. The number of hydrogen-bond donors (Lipinski definition) is 0. The number of hydrogen-bond acceptors (Lipinski definition) is 2. The lowest BCUT2D eigenvalue weighted by Gasteiger charge is -2.16. The van der Waals surface area contributed by atoms with Crippen LogP contribution in [-0.2, 0) is 0 Å². The molecule has 64 heavy (non-hydrogen) atoms. The number of nitrogens with zero attached hydrogens (tertiary/aromatic N) is 2. The summed E-state index contributed by atoms with van der Waals surface area (Å²) in [6, 6.07) is 78.9. The van der Waals surface area contributed by atoms with Crippen molar-refractivity contribution in [3.63, 3.8) is 0 Å². The van der Waals surface area contributed by atoms with E-state index in [4.69, 9.17) is 8.83 Å². The molecule has 0 atom stereocenters. The minimum Gasteiger partial charge on any atom is -0.456 e. The maximum atomic E-state index is 6.19. The van der Waals surface area contributed by atoms with Gasteiger partial charge >= 0.3 is 0 Å². The van der Waals surface area contributed by atoms with Crippen LogP contribution >= 0.6 is 0 Å². The van der Waals surface area contributed by atoms with E-state index in [2.05, 4.69) is 203 Å². The van der Waals surface area contributed by atoms with Crippen LogP contribution in [0.25, 0.3) is 132 Å². The Morgan fingerprint density at radius 3 is 1.09 bits per heavy atom. The van der Waals surface area contributed by atoms with Gasteiger partial charge in [-0.05, 0) is 124 Å². The van der Waals surface area contributed by atoms with Gasteiger partial charge < -0.3 is 18.0 Å². The molecule has 0 saturated heterocycles. The molecule has 0 aliphatic heterocycles. The van der Waals surface area contributed by atoms with Crippen molar-refractivity contribution >= 4 is 87.5 Å². The van der Waals surface area contributed by atoms with Gasteiger partial charge in [0.2, 0.25) is 0 Å². The molecule has 0 unspecified atom stereocenters. The lowest BCUT2D eigenvalue weighted by molar-refractivity contribution is 0.668. The van der Waals surface area contributed by atoms with Gasteiger partial charge in [0.1, 0.15) is 22.3 Å². The van der Waals surface area contributed by atoms with Crippen molar-refractivity contribution in [1.82, 2.24) is 9.13 Å². The van der Waals surface area contributed by atoms with Crippen molar-refractivity contribution in [1.29, 1.82) is 0 Å². The molecule has 0 fully saturated rings. The summed E-state index contributed by atoms with van der Waals surface area (Å²) in [5.41, 5.74) is 17.5. The van der Waals surface area contributed by atoms with E-state index in [1.54, 1.807) is 0 Å². The molecular formula is C60H36N2O2. The molecular weight excluding hydrogens is 781 g/mol. The van der Waals surface area contributed by atoms with Crippen LogP contribution in [0.15, 0.2) is 227 Å². The van der Waals surface area contributed by atoms with E-state index in [9.17, 15) is 0 Å². The molecule has 4 heteroatoms. The van der Waals surface area contributed by atoms with Crippen LogP contribution in [0, 0.1) is 0 Å². The SMILES string of the molecule is c1ccc(-c2cc(-n3c4ccccc4c4cc(-c5ccc6oc7ccccc7c6c5)ccc43)cc(-n3c4ccccc4c4cc(-c5ccc6oc7ccccc7c6c5)ccc43)c2)cc1. The highest BCUT2D eigenvalue weighted by Gasteiger charge is 2.19. The summed E-state index contributed by atoms with van der Waals surface area (Å²) < 4.78 is 17.3. The zero-order valence-electron chi connectivity index (χ0n) is 34.5. The predicted octanol–water partition coefficient (Wildman–Crippen LogP) is 16.7. The lowest BCUT2D eigenvalue weighted by atomic mass is 10.0. The van der Waals surface area contributed by atoms with Crippen LogP contribution in [0.2, 0.25) is 0 Å². The Bertz CT molecular complexity index is 3950. The van der Waals surface area contributed by atoms with Crippen LogP contribution in [0.3, 0.4) is 0 Å². The summed E-state index contributed by atoms with van der Waals surface area (Å²) >= 11 is 0. The predicted molar refractivity (Wildman–Crippen MR) is 266 cm³/mol. The maximum Gasteiger partial charge on any atom is 0.135 e. The molecule has 10 aromatic carbocycles. The highest BCUT2D eigenvalue weighted by atomic mass is 16.3. The van der Waals surface area contributed by atoms with E-state index in [1.807, 2.05) is 24.3 Å². The normalized spacial score (nSPS) is 12.1. The third-order valence-corrected chi connectivity index (χ3v) is 13.3. The van der Waals surface area contributed by atoms with Crippen LogP contribution in [-0.4, -0.2) is 9.13 Å². The van der Waals surface area contributed by atoms with Crippen molar-refractivity contribution in [2.24, 2.45) is 0 Å². The molecule has 0 aliphatic rings. The summed E-state index contributed by atoms with van der Waals surface area (Å²) in [5, 5.41) is 9.38. The van der Waals surface area contributed by atoms with Crippen LogP contribution in [0.1, 0.15) is 0 Å². The van der Waals surface area contributed by atoms with E-state index in [1.165, 1.54) is 38.2 Å². The monoisotopic (exact) mass is 816 g/mol. The second-order valence-corrected chi connectivity index (χ2v) is 16.9. The van der Waals surface area contributed by atoms with Gasteiger partial charge in [-0.2, -0.15) is 0 Å². The van der Waals surface area contributed by atoms with Gasteiger partial charge in [0.05, 0.1) is 22.1 Å². The van der Waals surface area contributed by atoms with E-state index in [0.29, 0.717) is 0 Å². The first kappa shape index (κ1) is 35.0. The Morgan fingerprint density at radius 1 is 0.219 bits per heavy atom. The van der Waals surface area contributed by atoms with Crippen molar-refractivity contribution in [3.05, 3.63) is 218 Å². The molecule has 4 aromatic heterocycles. The standard InChI is InChI=1S/C60H36N2O2/c1-2-12-37(13-3-1)42-30-43(61-53-18-8-4-14-45(53)49-32-38(22-26-55(49)61)40-24-28-59-51(34-40)47-16-6-10-20-57(47)63-59)36-44(31-42)62-54-19-9-5-15-46(54)50-33-39(23-27-56(50)62)41-25-29-60-52(35-41)48-17-7-11-21-58(48)64-60/h1-36H. The summed E-state index contributed by atoms with van der Waals surface area (Å²) in [6.07, 6.45) is 0. The molecule has 0 bridgehead atoms. The Balaban J connectivity index is 0.966. The average Bonchev–Trinajstić information content (AvgIpc) is 4.11. The molecule has 14 rings (SSSR count). The summed E-state index contributed by atoms with van der Waals surface area (Å²) in [7, 11) is 0. The van der Waals surface area contributed by atoms with E-state index >= 15 is 0 Å². The number of para-hydroxylation sites is 4. The number of benzene rings is 10. The van der Waals surface area contributed by atoms with Gasteiger partial charge in [-0.1, -0.05) is 127 Å². The van der Waals surface area contributed by atoms with Gasteiger partial charge in [0, 0.05) is 54.5 Å². The minimum atomic E-state index is 0.904. The number of rotatable bonds is 5. The fourth-order valence-corrected chi connectivity index (χ4v) is 10.3. The van der Waals surface area contributed by atoms with Crippen molar-refractivity contribution in [2.45, 2.75) is 0 Å². The molecule has 4 nitrogen and oxygen atoms in total. The highest BCUT2D eigenvalue weighted by molar-refractivity contribution is 6.13. The van der Waals surface area contributed by atoms with Gasteiger partial charge in [-0.15, -0.1) is 0 Å². The third kappa shape index (κ3) is 5.23. The smallest absolute Gasteiger partial charge is 0.135 e. The van der Waals surface area contributed by atoms with E-state index in [0.717, 1.165) is 94.0 Å². The Morgan fingerprint density at radius 2 is 0.594 bits per heavy atom. The largest absolute Gasteiger partial charge is 0.456 e. The second-order valence-electron chi connectivity index (χ2n) is 16.9. The molecule has 4 heterocycles. The topological polar surface area (TPSA) is 36.1 Å². The van der Waals surface area contributed by atoms with Crippen molar-refractivity contribution in [3.8, 4) is 44.8 Å². The number of aromatic nitrogens is 2. The average molecular weight is 817 g/mol. The van der Waals surface area contributed by atoms with Crippen molar-refractivity contribution in [2.75, 3.05) is 0 Å². The first-order valence-corrected chi connectivity index (χ1v) is 21.8. The quantitative estimate of drug-likeness (QED) is 0.173. The molecule has 298 valence electrons. The first-order valence-electron chi connectivity index (χ1n) is 21.8. The molecule has 14 aromatic rings. The van der Waals surface area contributed by atoms with Gasteiger partial charge in [0.15, 0.2) is 0 Å². The minimum absolute atomic E-state index is 0.904. The Hall–Kier alpha value is -8.60. The molecule has 0 aliphatic carbocycles. The zero-order valence-corrected chi connectivity index (χ0v) is 34.5. The maximum absolute atomic E-state index is 6.19. The van der Waals surface area contributed by atoms with Gasteiger partial charge in [-0.3, -0.25) is 0 Å². The summed E-state index contributed by atoms with van der Waals surface area (Å²) in [5.74, 6) is 0. The second kappa shape index (κ2) is 13.4. The summed E-state index contributed by atoms with van der Waals surface area (Å²) in [4.78, 5) is 0. The van der Waals surface area contributed by atoms with Crippen LogP contribution < -0.4 is 0 Å². The van der Waals surface area contributed by atoms with Crippen LogP contribution in [0.5, 0.6) is 0 Å². The zero-order chi connectivity index (χ0) is 41.9.